The van der Waals surface area contributed by atoms with Crippen molar-refractivity contribution in [3.63, 3.8) is 0 Å². The summed E-state index contributed by atoms with van der Waals surface area (Å²) in [6, 6.07) is 8.94. The van der Waals surface area contributed by atoms with Crippen molar-refractivity contribution in [3.8, 4) is 11.8 Å². The lowest BCUT2D eigenvalue weighted by atomic mass is 10.2. The van der Waals surface area contributed by atoms with Crippen molar-refractivity contribution in [3.05, 3.63) is 36.0 Å². The number of hydrogen-bond donors (Lipinski definition) is 2. The molecular weight excluding hydrogens is 320 g/mol. The van der Waals surface area contributed by atoms with Gasteiger partial charge in [0.05, 0.1) is 24.1 Å². The molecule has 1 saturated heterocycles. The summed E-state index contributed by atoms with van der Waals surface area (Å²) in [5.74, 6) is 0.288. The maximum atomic E-state index is 12.4. The molecule has 1 fully saturated rings. The van der Waals surface area contributed by atoms with E-state index < -0.39 is 0 Å². The minimum Gasteiger partial charge on any atom is -0.382 e. The molecule has 25 heavy (non-hydrogen) atoms. The number of amides is 2. The predicted octanol–water partition coefficient (Wildman–Crippen LogP) is 1.97. The lowest BCUT2D eigenvalue weighted by Crippen LogP contribution is -2.49. The first kappa shape index (κ1) is 16.8. The lowest BCUT2D eigenvalue weighted by Gasteiger charge is -2.35. The van der Waals surface area contributed by atoms with Crippen LogP contribution < -0.4 is 11.1 Å². The van der Waals surface area contributed by atoms with Gasteiger partial charge in [0.15, 0.2) is 0 Å². The number of carbonyl (C=O) groups is 1. The maximum Gasteiger partial charge on any atom is 0.322 e. The molecule has 8 nitrogen and oxygen atoms in total. The first-order chi connectivity index (χ1) is 12.0. The SMILES string of the molecule is C[C@@H]1CN(C(=O)Nc2ccc(-n3ncc(C#N)c3N)cc2)C[C@@H](C)O1. The van der Waals surface area contributed by atoms with E-state index in [1.807, 2.05) is 19.9 Å². The molecule has 2 atom stereocenters. The predicted molar refractivity (Wildman–Crippen MR) is 93.3 cm³/mol. The van der Waals surface area contributed by atoms with Crippen LogP contribution in [0.3, 0.4) is 0 Å². The Kier molecular flexibility index (Phi) is 4.59. The van der Waals surface area contributed by atoms with Crippen molar-refractivity contribution in [2.24, 2.45) is 0 Å². The van der Waals surface area contributed by atoms with Gasteiger partial charge in [-0.1, -0.05) is 0 Å². The zero-order chi connectivity index (χ0) is 18.0. The molecular formula is C17H20N6O2. The number of rotatable bonds is 2. The average molecular weight is 340 g/mol. The van der Waals surface area contributed by atoms with Gasteiger partial charge in [-0.15, -0.1) is 0 Å². The Balaban J connectivity index is 1.69. The molecule has 1 aliphatic rings. The summed E-state index contributed by atoms with van der Waals surface area (Å²) in [5, 5.41) is 15.9. The second kappa shape index (κ2) is 6.83. The number of nitrogen functional groups attached to an aromatic ring is 1. The van der Waals surface area contributed by atoms with E-state index in [1.165, 1.54) is 10.9 Å². The number of morpholine rings is 1. The highest BCUT2D eigenvalue weighted by Crippen LogP contribution is 2.19. The van der Waals surface area contributed by atoms with Crippen LogP contribution in [0, 0.1) is 11.3 Å². The summed E-state index contributed by atoms with van der Waals surface area (Å²) in [5.41, 5.74) is 7.59. The minimum absolute atomic E-state index is 0.0222. The molecule has 2 aromatic rings. The number of nitrogens with one attached hydrogen (secondary N) is 1. The molecule has 0 bridgehead atoms. The van der Waals surface area contributed by atoms with Crippen molar-refractivity contribution in [1.29, 1.82) is 5.26 Å². The van der Waals surface area contributed by atoms with Gasteiger partial charge >= 0.3 is 6.03 Å². The van der Waals surface area contributed by atoms with Crippen LogP contribution in [0.25, 0.3) is 5.69 Å². The standard InChI is InChI=1S/C17H20N6O2/c1-11-9-22(10-12(2)25-11)17(24)21-14-3-5-15(6-4-14)23-16(19)13(7-18)8-20-23/h3-6,8,11-12H,9-10,19H2,1-2H3,(H,21,24)/t11-,12-/m1/s1. The third-order valence-electron chi connectivity index (χ3n) is 4.00. The first-order valence-corrected chi connectivity index (χ1v) is 8.03. The van der Waals surface area contributed by atoms with E-state index >= 15 is 0 Å². The molecule has 0 spiro atoms. The van der Waals surface area contributed by atoms with E-state index in [-0.39, 0.29) is 24.1 Å². The third kappa shape index (κ3) is 3.56. The number of benzene rings is 1. The summed E-state index contributed by atoms with van der Waals surface area (Å²) >= 11 is 0. The summed E-state index contributed by atoms with van der Waals surface area (Å²) < 4.78 is 7.12. The largest absolute Gasteiger partial charge is 0.382 e. The number of hydrogen-bond acceptors (Lipinski definition) is 5. The molecule has 2 heterocycles. The van der Waals surface area contributed by atoms with Crippen LogP contribution in [0.5, 0.6) is 0 Å². The monoisotopic (exact) mass is 340 g/mol. The number of aromatic nitrogens is 2. The molecule has 130 valence electrons. The zero-order valence-electron chi connectivity index (χ0n) is 14.1. The minimum atomic E-state index is -0.153. The fourth-order valence-corrected chi connectivity index (χ4v) is 2.88. The van der Waals surface area contributed by atoms with Gasteiger partial charge in [-0.25, -0.2) is 9.48 Å². The molecule has 1 aliphatic heterocycles. The van der Waals surface area contributed by atoms with E-state index in [4.69, 9.17) is 15.7 Å². The normalized spacial score (nSPS) is 20.1. The van der Waals surface area contributed by atoms with Crippen molar-refractivity contribution in [2.75, 3.05) is 24.1 Å². The van der Waals surface area contributed by atoms with Gasteiger partial charge in [0.2, 0.25) is 0 Å². The summed E-state index contributed by atoms with van der Waals surface area (Å²) in [6.07, 6.45) is 1.47. The summed E-state index contributed by atoms with van der Waals surface area (Å²) in [4.78, 5) is 14.1. The van der Waals surface area contributed by atoms with E-state index in [1.54, 1.807) is 29.2 Å². The molecule has 0 radical (unpaired) electrons. The molecule has 0 unspecified atom stereocenters. The van der Waals surface area contributed by atoms with Gasteiger partial charge in [0.25, 0.3) is 0 Å². The van der Waals surface area contributed by atoms with E-state index in [0.717, 1.165) is 0 Å². The molecule has 1 aromatic carbocycles. The topological polar surface area (TPSA) is 109 Å². The molecule has 3 N–H and O–H groups in total. The van der Waals surface area contributed by atoms with Crippen molar-refractivity contribution >= 4 is 17.5 Å². The highest BCUT2D eigenvalue weighted by Gasteiger charge is 2.25. The van der Waals surface area contributed by atoms with Crippen LogP contribution in [-0.4, -0.2) is 46.0 Å². The quantitative estimate of drug-likeness (QED) is 0.868. The Morgan fingerprint density at radius 2 is 1.96 bits per heavy atom. The average Bonchev–Trinajstić information content (AvgIpc) is 2.95. The smallest absolute Gasteiger partial charge is 0.322 e. The van der Waals surface area contributed by atoms with Gasteiger partial charge in [-0.3, -0.25) is 0 Å². The van der Waals surface area contributed by atoms with Crippen molar-refractivity contribution in [2.45, 2.75) is 26.1 Å². The fraction of sp³-hybridized carbons (Fsp3) is 0.353. The highest BCUT2D eigenvalue weighted by molar-refractivity contribution is 5.89. The molecule has 8 heteroatoms. The number of anilines is 2. The lowest BCUT2D eigenvalue weighted by molar-refractivity contribution is -0.0530. The van der Waals surface area contributed by atoms with Gasteiger partial charge < -0.3 is 20.7 Å². The highest BCUT2D eigenvalue weighted by atomic mass is 16.5. The molecule has 0 saturated carbocycles. The van der Waals surface area contributed by atoms with Gasteiger partial charge in [0.1, 0.15) is 17.5 Å². The van der Waals surface area contributed by atoms with Crippen LogP contribution in [-0.2, 0) is 4.74 Å². The molecule has 0 aliphatic carbocycles. The van der Waals surface area contributed by atoms with E-state index in [9.17, 15) is 4.79 Å². The van der Waals surface area contributed by atoms with Crippen LogP contribution in [0.15, 0.2) is 30.5 Å². The zero-order valence-corrected chi connectivity index (χ0v) is 14.1. The number of nitrogens with zero attached hydrogens (tertiary/aromatic N) is 4. The second-order valence-electron chi connectivity index (χ2n) is 6.11. The summed E-state index contributed by atoms with van der Waals surface area (Å²) in [6.45, 7) is 5.04. The number of nitriles is 1. The molecule has 2 amide bonds. The Morgan fingerprint density at radius 3 is 2.52 bits per heavy atom. The van der Waals surface area contributed by atoms with Gasteiger partial charge in [0, 0.05) is 18.8 Å². The maximum absolute atomic E-state index is 12.4. The number of ether oxygens (including phenoxy) is 1. The third-order valence-corrected chi connectivity index (χ3v) is 4.00. The number of carbonyl (C=O) groups excluding carboxylic acids is 1. The van der Waals surface area contributed by atoms with Gasteiger partial charge in [-0.05, 0) is 38.1 Å². The van der Waals surface area contributed by atoms with Crippen LogP contribution >= 0.6 is 0 Å². The van der Waals surface area contributed by atoms with Gasteiger partial charge in [-0.2, -0.15) is 10.4 Å². The van der Waals surface area contributed by atoms with Crippen molar-refractivity contribution in [1.82, 2.24) is 14.7 Å². The molecule has 3 rings (SSSR count). The summed E-state index contributed by atoms with van der Waals surface area (Å²) in [7, 11) is 0. The second-order valence-corrected chi connectivity index (χ2v) is 6.11. The fourth-order valence-electron chi connectivity index (χ4n) is 2.88. The van der Waals surface area contributed by atoms with Crippen molar-refractivity contribution < 1.29 is 9.53 Å². The van der Waals surface area contributed by atoms with Crippen LogP contribution in [0.1, 0.15) is 19.4 Å². The van der Waals surface area contributed by atoms with Crippen LogP contribution in [0.4, 0.5) is 16.3 Å². The number of urea groups is 1. The Morgan fingerprint density at radius 1 is 1.32 bits per heavy atom. The van der Waals surface area contributed by atoms with Crippen LogP contribution in [0.2, 0.25) is 0 Å². The Labute approximate surface area is 145 Å². The Hall–Kier alpha value is -3.05. The van der Waals surface area contributed by atoms with E-state index in [2.05, 4.69) is 10.4 Å². The Bertz CT molecular complexity index is 798. The van der Waals surface area contributed by atoms with E-state index in [0.29, 0.717) is 30.0 Å². The molecule has 1 aromatic heterocycles. The number of nitrogens with two attached hydrogens (primary N) is 1. The first-order valence-electron chi connectivity index (χ1n) is 8.03.